The van der Waals surface area contributed by atoms with Crippen molar-refractivity contribution in [2.24, 2.45) is 5.92 Å². The van der Waals surface area contributed by atoms with Crippen LogP contribution in [0.15, 0.2) is 0 Å². The smallest absolute Gasteiger partial charge is 0.410 e. The average Bonchev–Trinajstić information content (AvgIpc) is 2.44. The summed E-state index contributed by atoms with van der Waals surface area (Å²) in [6, 6.07) is 0. The van der Waals surface area contributed by atoms with Gasteiger partial charge in [-0.15, -0.1) is 0 Å². The summed E-state index contributed by atoms with van der Waals surface area (Å²) in [5.41, 5.74) is -0.279. The summed E-state index contributed by atoms with van der Waals surface area (Å²) in [6.45, 7) is 4.83. The number of carbonyl (C=O) groups excluding carboxylic acids is 1. The molecule has 2 heterocycles. The Morgan fingerprint density at radius 3 is 2.93 bits per heavy atom. The molecular formula is C10H18N2O2. The summed E-state index contributed by atoms with van der Waals surface area (Å²) in [4.78, 5) is 13.0. The fourth-order valence-electron chi connectivity index (χ4n) is 2.43. The highest BCUT2D eigenvalue weighted by atomic mass is 16.6. The van der Waals surface area contributed by atoms with Crippen LogP contribution < -0.4 is 5.32 Å². The predicted molar refractivity (Wildman–Crippen MR) is 53.1 cm³/mol. The van der Waals surface area contributed by atoms with Gasteiger partial charge in [0.15, 0.2) is 0 Å². The molecule has 4 nitrogen and oxygen atoms in total. The maximum Gasteiger partial charge on any atom is 0.410 e. The van der Waals surface area contributed by atoms with Crippen LogP contribution in [0.4, 0.5) is 4.79 Å². The number of nitrogens with zero attached hydrogens (tertiary/aromatic N) is 1. The van der Waals surface area contributed by atoms with Gasteiger partial charge in [-0.1, -0.05) is 0 Å². The highest BCUT2D eigenvalue weighted by molar-refractivity contribution is 5.70. The second-order valence-electron chi connectivity index (χ2n) is 4.58. The number of amides is 1. The first-order chi connectivity index (χ1) is 6.62. The molecule has 2 fully saturated rings. The minimum absolute atomic E-state index is 0.182. The Bertz CT molecular complexity index is 238. The summed E-state index contributed by atoms with van der Waals surface area (Å²) in [7, 11) is 1.80. The molecule has 0 bridgehead atoms. The number of hydrogen-bond donors (Lipinski definition) is 1. The van der Waals surface area contributed by atoms with E-state index in [1.165, 1.54) is 6.42 Å². The maximum absolute atomic E-state index is 11.3. The number of nitrogens with one attached hydrogen (secondary N) is 1. The Morgan fingerprint density at radius 2 is 2.43 bits per heavy atom. The van der Waals surface area contributed by atoms with Crippen molar-refractivity contribution in [1.82, 2.24) is 10.2 Å². The Balaban J connectivity index is 2.04. The summed E-state index contributed by atoms with van der Waals surface area (Å²) < 4.78 is 5.45. The summed E-state index contributed by atoms with van der Waals surface area (Å²) >= 11 is 0. The van der Waals surface area contributed by atoms with Crippen molar-refractivity contribution in [2.75, 3.05) is 26.7 Å². The molecule has 2 saturated heterocycles. The first-order valence-electron chi connectivity index (χ1n) is 5.27. The van der Waals surface area contributed by atoms with Crippen molar-refractivity contribution >= 4 is 6.09 Å². The fourth-order valence-corrected chi connectivity index (χ4v) is 2.43. The molecule has 80 valence electrons. The largest absolute Gasteiger partial charge is 0.441 e. The number of carbonyl (C=O) groups is 1. The standard InChI is InChI=1S/C10H18N2O2/c1-10(7-12(2)9(13)14-10)8-4-3-5-11-6-8/h8,11H,3-7H2,1-2H3. The molecule has 1 N–H and O–H groups in total. The third kappa shape index (κ3) is 1.59. The molecule has 2 unspecified atom stereocenters. The van der Waals surface area contributed by atoms with E-state index in [9.17, 15) is 4.79 Å². The normalized spacial score (nSPS) is 38.6. The van der Waals surface area contributed by atoms with E-state index in [2.05, 4.69) is 5.32 Å². The van der Waals surface area contributed by atoms with Gasteiger partial charge in [-0.3, -0.25) is 0 Å². The van der Waals surface area contributed by atoms with Crippen LogP contribution in [0.1, 0.15) is 19.8 Å². The van der Waals surface area contributed by atoms with Crippen LogP contribution in [-0.4, -0.2) is 43.3 Å². The van der Waals surface area contributed by atoms with Gasteiger partial charge in [-0.2, -0.15) is 0 Å². The molecule has 0 aromatic carbocycles. The number of likely N-dealkylation sites (N-methyl/N-ethyl adjacent to an activating group) is 1. The molecule has 1 amide bonds. The lowest BCUT2D eigenvalue weighted by Crippen LogP contribution is -2.46. The number of piperidine rings is 1. The Labute approximate surface area is 84.6 Å². The highest BCUT2D eigenvalue weighted by Gasteiger charge is 2.45. The maximum atomic E-state index is 11.3. The number of ether oxygens (including phenoxy) is 1. The van der Waals surface area contributed by atoms with E-state index in [0.717, 1.165) is 26.1 Å². The van der Waals surface area contributed by atoms with Gasteiger partial charge in [-0.25, -0.2) is 4.79 Å². The molecule has 2 aliphatic heterocycles. The molecule has 4 heteroatoms. The number of rotatable bonds is 1. The van der Waals surface area contributed by atoms with Crippen molar-refractivity contribution in [3.63, 3.8) is 0 Å². The van der Waals surface area contributed by atoms with Crippen molar-refractivity contribution in [3.8, 4) is 0 Å². The molecule has 0 radical (unpaired) electrons. The van der Waals surface area contributed by atoms with Gasteiger partial charge < -0.3 is 15.0 Å². The van der Waals surface area contributed by atoms with Gasteiger partial charge in [0.2, 0.25) is 0 Å². The van der Waals surface area contributed by atoms with Crippen LogP contribution in [-0.2, 0) is 4.74 Å². The third-order valence-corrected chi connectivity index (χ3v) is 3.34. The molecule has 0 aliphatic carbocycles. The third-order valence-electron chi connectivity index (χ3n) is 3.34. The van der Waals surface area contributed by atoms with Crippen LogP contribution >= 0.6 is 0 Å². The molecule has 0 saturated carbocycles. The summed E-state index contributed by atoms with van der Waals surface area (Å²) in [6.07, 6.45) is 2.16. The molecule has 0 spiro atoms. The Morgan fingerprint density at radius 1 is 1.64 bits per heavy atom. The van der Waals surface area contributed by atoms with Crippen LogP contribution in [0.25, 0.3) is 0 Å². The van der Waals surface area contributed by atoms with Crippen molar-refractivity contribution in [3.05, 3.63) is 0 Å². The number of hydrogen-bond acceptors (Lipinski definition) is 3. The zero-order chi connectivity index (χ0) is 10.2. The SMILES string of the molecule is CN1CC(C)(C2CCCNC2)OC1=O. The molecule has 14 heavy (non-hydrogen) atoms. The van der Waals surface area contributed by atoms with E-state index >= 15 is 0 Å². The quantitative estimate of drug-likeness (QED) is 0.678. The zero-order valence-electron chi connectivity index (χ0n) is 8.88. The zero-order valence-corrected chi connectivity index (χ0v) is 8.88. The van der Waals surface area contributed by atoms with E-state index < -0.39 is 0 Å². The molecule has 2 atom stereocenters. The van der Waals surface area contributed by atoms with Gasteiger partial charge in [0, 0.05) is 19.5 Å². The summed E-state index contributed by atoms with van der Waals surface area (Å²) in [5.74, 6) is 0.463. The van der Waals surface area contributed by atoms with Crippen LogP contribution in [0.5, 0.6) is 0 Å². The summed E-state index contributed by atoms with van der Waals surface area (Å²) in [5, 5.41) is 3.36. The second kappa shape index (κ2) is 3.42. The Kier molecular flexibility index (Phi) is 2.39. The predicted octanol–water partition coefficient (Wildman–Crippen LogP) is 0.827. The van der Waals surface area contributed by atoms with Gasteiger partial charge in [0.05, 0.1) is 6.54 Å². The van der Waals surface area contributed by atoms with E-state index in [1.807, 2.05) is 6.92 Å². The average molecular weight is 198 g/mol. The molecule has 2 aliphatic rings. The topological polar surface area (TPSA) is 41.6 Å². The monoisotopic (exact) mass is 198 g/mol. The first kappa shape index (κ1) is 9.77. The highest BCUT2D eigenvalue weighted by Crippen LogP contribution is 2.32. The second-order valence-corrected chi connectivity index (χ2v) is 4.58. The van der Waals surface area contributed by atoms with Crippen LogP contribution in [0.2, 0.25) is 0 Å². The lowest BCUT2D eigenvalue weighted by Gasteiger charge is -2.34. The van der Waals surface area contributed by atoms with Gasteiger partial charge in [-0.05, 0) is 26.3 Å². The van der Waals surface area contributed by atoms with Gasteiger partial charge >= 0.3 is 6.09 Å². The van der Waals surface area contributed by atoms with Crippen molar-refractivity contribution < 1.29 is 9.53 Å². The lowest BCUT2D eigenvalue weighted by atomic mass is 9.83. The minimum Gasteiger partial charge on any atom is -0.441 e. The van der Waals surface area contributed by atoms with E-state index in [4.69, 9.17) is 4.74 Å². The fraction of sp³-hybridized carbons (Fsp3) is 0.900. The first-order valence-corrected chi connectivity index (χ1v) is 5.27. The molecule has 0 aromatic heterocycles. The van der Waals surface area contributed by atoms with Crippen molar-refractivity contribution in [1.29, 1.82) is 0 Å². The van der Waals surface area contributed by atoms with Crippen LogP contribution in [0, 0.1) is 5.92 Å². The Hall–Kier alpha value is -0.770. The van der Waals surface area contributed by atoms with E-state index in [-0.39, 0.29) is 11.7 Å². The number of cyclic esters (lactones) is 1. The van der Waals surface area contributed by atoms with Crippen molar-refractivity contribution in [2.45, 2.75) is 25.4 Å². The lowest BCUT2D eigenvalue weighted by molar-refractivity contribution is 0.0122. The molecular weight excluding hydrogens is 180 g/mol. The van der Waals surface area contributed by atoms with Gasteiger partial charge in [0.1, 0.15) is 5.60 Å². The minimum atomic E-state index is -0.279. The van der Waals surface area contributed by atoms with E-state index in [1.54, 1.807) is 11.9 Å². The van der Waals surface area contributed by atoms with Gasteiger partial charge in [0.25, 0.3) is 0 Å². The van der Waals surface area contributed by atoms with E-state index in [0.29, 0.717) is 5.92 Å². The molecule has 0 aromatic rings. The van der Waals surface area contributed by atoms with Crippen LogP contribution in [0.3, 0.4) is 0 Å². The molecule has 2 rings (SSSR count).